The maximum absolute atomic E-state index is 5.88. The van der Waals surface area contributed by atoms with Crippen LogP contribution in [-0.4, -0.2) is 16.1 Å². The van der Waals surface area contributed by atoms with Gasteiger partial charge in [-0.25, -0.2) is 4.98 Å². The van der Waals surface area contributed by atoms with Crippen LogP contribution in [0.4, 0.5) is 0 Å². The van der Waals surface area contributed by atoms with Gasteiger partial charge in [0.2, 0.25) is 0 Å². The Morgan fingerprint density at radius 1 is 1.08 bits per heavy atom. The summed E-state index contributed by atoms with van der Waals surface area (Å²) in [4.78, 5) is 4.08. The summed E-state index contributed by atoms with van der Waals surface area (Å²) < 4.78 is 7.99. The van der Waals surface area contributed by atoms with Crippen LogP contribution in [0.15, 0.2) is 73.3 Å². The number of aromatic nitrogens is 2. The Kier molecular flexibility index (Phi) is 5.64. The van der Waals surface area contributed by atoms with Crippen LogP contribution in [-0.2, 0) is 13.1 Å². The molecular formula is C20H23N3O. The Bertz CT molecular complexity index is 726. The lowest BCUT2D eigenvalue weighted by Crippen LogP contribution is -2.23. The quantitative estimate of drug-likeness (QED) is 0.679. The summed E-state index contributed by atoms with van der Waals surface area (Å²) in [6, 6.07) is 18.1. The van der Waals surface area contributed by atoms with Crippen molar-refractivity contribution < 1.29 is 4.74 Å². The van der Waals surface area contributed by atoms with Crippen LogP contribution in [0.25, 0.3) is 0 Å². The smallest absolute Gasteiger partial charge is 0.127 e. The fourth-order valence-electron chi connectivity index (χ4n) is 2.63. The molecule has 24 heavy (non-hydrogen) atoms. The van der Waals surface area contributed by atoms with Gasteiger partial charge in [-0.05, 0) is 42.3 Å². The lowest BCUT2D eigenvalue weighted by molar-refractivity contribution is 0.444. The van der Waals surface area contributed by atoms with Crippen molar-refractivity contribution in [1.82, 2.24) is 14.9 Å². The van der Waals surface area contributed by atoms with Gasteiger partial charge in [-0.15, -0.1) is 0 Å². The van der Waals surface area contributed by atoms with Gasteiger partial charge >= 0.3 is 0 Å². The maximum atomic E-state index is 5.88. The van der Waals surface area contributed by atoms with E-state index in [2.05, 4.69) is 33.9 Å². The molecular weight excluding hydrogens is 298 g/mol. The summed E-state index contributed by atoms with van der Waals surface area (Å²) in [6.07, 6.45) is 5.68. The summed E-state index contributed by atoms with van der Waals surface area (Å²) in [5.74, 6) is 2.27. The van der Waals surface area contributed by atoms with E-state index in [0.29, 0.717) is 5.92 Å². The van der Waals surface area contributed by atoms with Crippen molar-refractivity contribution in [3.63, 3.8) is 0 Å². The molecule has 0 aliphatic carbocycles. The van der Waals surface area contributed by atoms with E-state index in [4.69, 9.17) is 4.74 Å². The van der Waals surface area contributed by atoms with Crippen LogP contribution < -0.4 is 10.1 Å². The molecule has 0 saturated carbocycles. The Labute approximate surface area is 143 Å². The minimum absolute atomic E-state index is 0.544. The van der Waals surface area contributed by atoms with Crippen LogP contribution in [0.1, 0.15) is 12.5 Å². The average molecular weight is 321 g/mol. The summed E-state index contributed by atoms with van der Waals surface area (Å²) in [7, 11) is 0. The summed E-state index contributed by atoms with van der Waals surface area (Å²) in [6.45, 7) is 5.01. The zero-order valence-electron chi connectivity index (χ0n) is 13.9. The molecule has 0 bridgehead atoms. The molecule has 1 unspecified atom stereocenters. The van der Waals surface area contributed by atoms with Gasteiger partial charge in [0.25, 0.3) is 0 Å². The molecule has 0 spiro atoms. The highest BCUT2D eigenvalue weighted by Crippen LogP contribution is 2.21. The van der Waals surface area contributed by atoms with Gasteiger partial charge in [-0.2, -0.15) is 0 Å². The number of hydrogen-bond donors (Lipinski definition) is 1. The second kappa shape index (κ2) is 8.31. The number of rotatable bonds is 8. The summed E-state index contributed by atoms with van der Waals surface area (Å²) in [5, 5.41) is 3.52. The Morgan fingerprint density at radius 2 is 1.92 bits per heavy atom. The predicted molar refractivity (Wildman–Crippen MR) is 96.1 cm³/mol. The van der Waals surface area contributed by atoms with Gasteiger partial charge in [0, 0.05) is 25.5 Å². The van der Waals surface area contributed by atoms with Crippen molar-refractivity contribution in [1.29, 1.82) is 0 Å². The first kappa shape index (κ1) is 16.3. The first-order chi connectivity index (χ1) is 11.8. The van der Waals surface area contributed by atoms with E-state index in [1.807, 2.05) is 61.2 Å². The van der Waals surface area contributed by atoms with Crippen LogP contribution in [0, 0.1) is 5.92 Å². The van der Waals surface area contributed by atoms with Crippen molar-refractivity contribution in [2.75, 3.05) is 6.54 Å². The standard InChI is InChI=1S/C20H23N3O/c1-17(15-23-11-10-21-16-23)13-22-14-18-6-5-9-20(12-18)24-19-7-3-2-4-8-19/h2-12,16-17,22H,13-15H2,1H3. The molecule has 1 heterocycles. The lowest BCUT2D eigenvalue weighted by Gasteiger charge is -2.13. The highest BCUT2D eigenvalue weighted by molar-refractivity contribution is 5.33. The molecule has 0 aliphatic rings. The largest absolute Gasteiger partial charge is 0.457 e. The number of imidazole rings is 1. The third kappa shape index (κ3) is 4.96. The molecule has 0 fully saturated rings. The zero-order chi connectivity index (χ0) is 16.6. The Balaban J connectivity index is 1.48. The Hall–Kier alpha value is -2.59. The molecule has 2 aromatic carbocycles. The molecule has 0 radical (unpaired) electrons. The van der Waals surface area contributed by atoms with Gasteiger partial charge < -0.3 is 14.6 Å². The van der Waals surface area contributed by atoms with E-state index in [-0.39, 0.29) is 0 Å². The van der Waals surface area contributed by atoms with E-state index in [1.165, 1.54) is 5.56 Å². The zero-order valence-corrected chi connectivity index (χ0v) is 13.9. The van der Waals surface area contributed by atoms with Gasteiger partial charge in [0.05, 0.1) is 6.33 Å². The van der Waals surface area contributed by atoms with E-state index in [0.717, 1.165) is 31.1 Å². The Morgan fingerprint density at radius 3 is 2.71 bits per heavy atom. The van der Waals surface area contributed by atoms with Crippen molar-refractivity contribution >= 4 is 0 Å². The highest BCUT2D eigenvalue weighted by atomic mass is 16.5. The van der Waals surface area contributed by atoms with Gasteiger partial charge in [0.1, 0.15) is 11.5 Å². The molecule has 4 heteroatoms. The molecule has 1 N–H and O–H groups in total. The van der Waals surface area contributed by atoms with Crippen molar-refractivity contribution in [2.45, 2.75) is 20.0 Å². The molecule has 4 nitrogen and oxygen atoms in total. The van der Waals surface area contributed by atoms with E-state index in [9.17, 15) is 0 Å². The van der Waals surface area contributed by atoms with Crippen molar-refractivity contribution in [3.8, 4) is 11.5 Å². The normalized spacial score (nSPS) is 12.0. The minimum Gasteiger partial charge on any atom is -0.457 e. The minimum atomic E-state index is 0.544. The molecule has 3 rings (SSSR count). The predicted octanol–water partition coefficient (Wildman–Crippen LogP) is 4.10. The number of para-hydroxylation sites is 1. The summed E-state index contributed by atoms with van der Waals surface area (Å²) >= 11 is 0. The van der Waals surface area contributed by atoms with Gasteiger partial charge in [-0.3, -0.25) is 0 Å². The maximum Gasteiger partial charge on any atom is 0.127 e. The van der Waals surface area contributed by atoms with Crippen LogP contribution in [0.2, 0.25) is 0 Å². The molecule has 1 atom stereocenters. The van der Waals surface area contributed by atoms with Gasteiger partial charge in [0.15, 0.2) is 0 Å². The number of benzene rings is 2. The third-order valence-corrected chi connectivity index (χ3v) is 3.78. The van der Waals surface area contributed by atoms with Crippen molar-refractivity contribution in [2.24, 2.45) is 5.92 Å². The molecule has 3 aromatic rings. The first-order valence-corrected chi connectivity index (χ1v) is 8.28. The average Bonchev–Trinajstić information content (AvgIpc) is 3.09. The van der Waals surface area contributed by atoms with E-state index in [1.54, 1.807) is 0 Å². The molecule has 0 amide bonds. The first-order valence-electron chi connectivity index (χ1n) is 8.28. The molecule has 1 aromatic heterocycles. The molecule has 0 aliphatic heterocycles. The van der Waals surface area contributed by atoms with Crippen LogP contribution in [0.3, 0.4) is 0 Å². The fraction of sp³-hybridized carbons (Fsp3) is 0.250. The monoisotopic (exact) mass is 321 g/mol. The topological polar surface area (TPSA) is 39.1 Å². The van der Waals surface area contributed by atoms with Crippen LogP contribution in [0.5, 0.6) is 11.5 Å². The SMILES string of the molecule is CC(CNCc1cccc(Oc2ccccc2)c1)Cn1ccnc1. The number of nitrogens with zero attached hydrogens (tertiary/aromatic N) is 2. The summed E-state index contributed by atoms with van der Waals surface area (Å²) in [5.41, 5.74) is 1.22. The number of nitrogens with one attached hydrogen (secondary N) is 1. The second-order valence-electron chi connectivity index (χ2n) is 6.06. The lowest BCUT2D eigenvalue weighted by atomic mass is 10.1. The third-order valence-electron chi connectivity index (χ3n) is 3.78. The fourth-order valence-corrected chi connectivity index (χ4v) is 2.63. The van der Waals surface area contributed by atoms with E-state index < -0.39 is 0 Å². The number of ether oxygens (including phenoxy) is 1. The van der Waals surface area contributed by atoms with Crippen LogP contribution >= 0.6 is 0 Å². The number of hydrogen-bond acceptors (Lipinski definition) is 3. The molecule has 124 valence electrons. The van der Waals surface area contributed by atoms with E-state index >= 15 is 0 Å². The second-order valence-corrected chi connectivity index (χ2v) is 6.06. The van der Waals surface area contributed by atoms with Gasteiger partial charge in [-0.1, -0.05) is 37.3 Å². The highest BCUT2D eigenvalue weighted by Gasteiger charge is 2.03. The van der Waals surface area contributed by atoms with Crippen molar-refractivity contribution in [3.05, 3.63) is 78.9 Å². The molecule has 0 saturated heterocycles.